The van der Waals surface area contributed by atoms with Crippen LogP contribution in [0.3, 0.4) is 0 Å². The second-order valence-corrected chi connectivity index (χ2v) is 6.94. The van der Waals surface area contributed by atoms with Gasteiger partial charge in [0.05, 0.1) is 4.90 Å². The monoisotopic (exact) mass is 337 g/mol. The summed E-state index contributed by atoms with van der Waals surface area (Å²) < 4.78 is 31.8. The van der Waals surface area contributed by atoms with Crippen molar-refractivity contribution in [1.82, 2.24) is 9.88 Å². The zero-order chi connectivity index (χ0) is 17.0. The number of nitrogens with zero attached hydrogens (tertiary/aromatic N) is 2. The number of hydrogen-bond donors (Lipinski definition) is 1. The van der Waals surface area contributed by atoms with E-state index in [1.807, 2.05) is 6.92 Å². The van der Waals surface area contributed by atoms with Gasteiger partial charge in [0.2, 0.25) is 15.9 Å². The zero-order valence-electron chi connectivity index (χ0n) is 13.2. The van der Waals surface area contributed by atoms with Crippen LogP contribution in [0.1, 0.15) is 18.2 Å². The quantitative estimate of drug-likeness (QED) is 0.865. The third-order valence-electron chi connectivity index (χ3n) is 3.23. The highest BCUT2D eigenvalue weighted by Gasteiger charge is 2.18. The molecule has 0 spiro atoms. The molecule has 2 rings (SSSR count). The van der Waals surface area contributed by atoms with Gasteiger partial charge in [-0.05, 0) is 26.0 Å². The first-order chi connectivity index (χ1) is 10.8. The van der Waals surface area contributed by atoms with Crippen LogP contribution in [-0.4, -0.2) is 32.6 Å². The Labute approximate surface area is 135 Å². The van der Waals surface area contributed by atoms with E-state index in [1.54, 1.807) is 37.3 Å². The molecule has 7 nitrogen and oxygen atoms in total. The Hall–Kier alpha value is -2.19. The molecule has 0 atom stereocenters. The molecule has 0 aliphatic rings. The van der Waals surface area contributed by atoms with E-state index >= 15 is 0 Å². The number of amides is 1. The molecule has 0 radical (unpaired) electrons. The van der Waals surface area contributed by atoms with Crippen molar-refractivity contribution in [1.29, 1.82) is 0 Å². The van der Waals surface area contributed by atoms with Crippen molar-refractivity contribution in [3.8, 4) is 0 Å². The maximum atomic E-state index is 12.2. The Bertz CT molecular complexity index is 781. The van der Waals surface area contributed by atoms with Gasteiger partial charge in [0.1, 0.15) is 5.76 Å². The van der Waals surface area contributed by atoms with Gasteiger partial charge in [-0.1, -0.05) is 22.9 Å². The minimum Gasteiger partial charge on any atom is -0.360 e. The van der Waals surface area contributed by atoms with E-state index in [-0.39, 0.29) is 23.9 Å². The van der Waals surface area contributed by atoms with Crippen molar-refractivity contribution < 1.29 is 17.7 Å². The zero-order valence-corrected chi connectivity index (χ0v) is 14.1. The smallest absolute Gasteiger partial charge is 0.240 e. The van der Waals surface area contributed by atoms with Gasteiger partial charge < -0.3 is 4.52 Å². The molecule has 0 saturated heterocycles. The number of rotatable bonds is 6. The Balaban J connectivity index is 2.02. The minimum absolute atomic E-state index is 0.0711. The standard InChI is InChI=1S/C15H19N3O4S/c1-11-4-6-14(7-5-11)23(20,21)16-8-9-18(13(3)19)15-10-12(2)22-17-15/h4-7,10,16H,8-9H2,1-3H3. The Kier molecular flexibility index (Phi) is 5.17. The second kappa shape index (κ2) is 6.93. The van der Waals surface area contributed by atoms with E-state index in [1.165, 1.54) is 11.8 Å². The third kappa shape index (κ3) is 4.40. The fraction of sp³-hybridized carbons (Fsp3) is 0.333. The minimum atomic E-state index is -3.61. The molecule has 8 heteroatoms. The topological polar surface area (TPSA) is 92.5 Å². The molecule has 0 aliphatic carbocycles. The highest BCUT2D eigenvalue weighted by Crippen LogP contribution is 2.14. The van der Waals surface area contributed by atoms with Crippen LogP contribution in [0.25, 0.3) is 0 Å². The summed E-state index contributed by atoms with van der Waals surface area (Å²) in [6.07, 6.45) is 0. The molecule has 0 unspecified atom stereocenters. The van der Waals surface area contributed by atoms with Gasteiger partial charge in [0, 0.05) is 26.1 Å². The molecular formula is C15H19N3O4S. The highest BCUT2D eigenvalue weighted by molar-refractivity contribution is 7.89. The van der Waals surface area contributed by atoms with Crippen LogP contribution in [0.4, 0.5) is 5.82 Å². The number of benzene rings is 1. The van der Waals surface area contributed by atoms with E-state index in [4.69, 9.17) is 4.52 Å². The van der Waals surface area contributed by atoms with Gasteiger partial charge in [0.15, 0.2) is 5.82 Å². The average molecular weight is 337 g/mol. The second-order valence-electron chi connectivity index (χ2n) is 5.18. The van der Waals surface area contributed by atoms with E-state index in [0.29, 0.717) is 11.6 Å². The van der Waals surface area contributed by atoms with Gasteiger partial charge in [-0.2, -0.15) is 0 Å². The predicted octanol–water partition coefficient (Wildman–Crippen LogP) is 1.62. The molecule has 1 aromatic heterocycles. The third-order valence-corrected chi connectivity index (χ3v) is 4.71. The molecule has 23 heavy (non-hydrogen) atoms. The lowest BCUT2D eigenvalue weighted by molar-refractivity contribution is -0.116. The number of nitrogens with one attached hydrogen (secondary N) is 1. The Morgan fingerprint density at radius 1 is 1.26 bits per heavy atom. The maximum absolute atomic E-state index is 12.2. The van der Waals surface area contributed by atoms with Crippen molar-refractivity contribution in [2.75, 3.05) is 18.0 Å². The van der Waals surface area contributed by atoms with Crippen LogP contribution in [-0.2, 0) is 14.8 Å². The number of hydrogen-bond acceptors (Lipinski definition) is 5. The van der Waals surface area contributed by atoms with Crippen molar-refractivity contribution in [2.24, 2.45) is 0 Å². The van der Waals surface area contributed by atoms with Crippen molar-refractivity contribution >= 4 is 21.7 Å². The van der Waals surface area contributed by atoms with Gasteiger partial charge in [-0.25, -0.2) is 13.1 Å². The molecule has 2 aromatic rings. The maximum Gasteiger partial charge on any atom is 0.240 e. The lowest BCUT2D eigenvalue weighted by Crippen LogP contribution is -2.37. The molecule has 1 N–H and O–H groups in total. The summed E-state index contributed by atoms with van der Waals surface area (Å²) in [7, 11) is -3.61. The summed E-state index contributed by atoms with van der Waals surface area (Å²) in [6.45, 7) is 5.22. The van der Waals surface area contributed by atoms with E-state index in [2.05, 4.69) is 9.88 Å². The summed E-state index contributed by atoms with van der Waals surface area (Å²) in [5, 5.41) is 3.77. The molecule has 0 saturated carbocycles. The molecule has 124 valence electrons. The summed E-state index contributed by atoms with van der Waals surface area (Å²) >= 11 is 0. The summed E-state index contributed by atoms with van der Waals surface area (Å²) in [4.78, 5) is 13.2. The van der Waals surface area contributed by atoms with Crippen LogP contribution in [0, 0.1) is 13.8 Å². The van der Waals surface area contributed by atoms with Crippen LogP contribution >= 0.6 is 0 Å². The number of carbonyl (C=O) groups is 1. The average Bonchev–Trinajstić information content (AvgIpc) is 2.90. The van der Waals surface area contributed by atoms with Gasteiger partial charge in [-0.3, -0.25) is 9.69 Å². The molecule has 0 fully saturated rings. The van der Waals surface area contributed by atoms with Crippen molar-refractivity contribution in [3.63, 3.8) is 0 Å². The fourth-order valence-corrected chi connectivity index (χ4v) is 3.03. The lowest BCUT2D eigenvalue weighted by Gasteiger charge is -2.17. The largest absolute Gasteiger partial charge is 0.360 e. The molecule has 0 bridgehead atoms. The molecule has 1 aromatic carbocycles. The van der Waals surface area contributed by atoms with Gasteiger partial charge in [-0.15, -0.1) is 0 Å². The first kappa shape index (κ1) is 17.2. The summed E-state index contributed by atoms with van der Waals surface area (Å²) in [6, 6.07) is 8.17. The normalized spacial score (nSPS) is 11.4. The fourth-order valence-electron chi connectivity index (χ4n) is 2.01. The molecular weight excluding hydrogens is 318 g/mol. The van der Waals surface area contributed by atoms with Gasteiger partial charge in [0.25, 0.3) is 0 Å². The van der Waals surface area contributed by atoms with Crippen molar-refractivity contribution in [3.05, 3.63) is 41.7 Å². The highest BCUT2D eigenvalue weighted by atomic mass is 32.2. The lowest BCUT2D eigenvalue weighted by atomic mass is 10.2. The van der Waals surface area contributed by atoms with Gasteiger partial charge >= 0.3 is 0 Å². The SMILES string of the molecule is CC(=O)N(CCNS(=O)(=O)c1ccc(C)cc1)c1cc(C)on1. The van der Waals surface area contributed by atoms with Crippen LogP contribution in [0.5, 0.6) is 0 Å². The predicted molar refractivity (Wildman–Crippen MR) is 85.6 cm³/mol. The van der Waals surface area contributed by atoms with E-state index in [9.17, 15) is 13.2 Å². The molecule has 0 aliphatic heterocycles. The summed E-state index contributed by atoms with van der Waals surface area (Å²) in [5.74, 6) is 0.698. The molecule has 1 heterocycles. The molecule has 1 amide bonds. The first-order valence-corrected chi connectivity index (χ1v) is 8.55. The Morgan fingerprint density at radius 3 is 2.43 bits per heavy atom. The van der Waals surface area contributed by atoms with Crippen molar-refractivity contribution in [2.45, 2.75) is 25.7 Å². The van der Waals surface area contributed by atoms with Crippen LogP contribution in [0.15, 0.2) is 39.8 Å². The Morgan fingerprint density at radius 2 is 1.91 bits per heavy atom. The number of aryl methyl sites for hydroxylation is 2. The number of carbonyl (C=O) groups excluding carboxylic acids is 1. The van der Waals surface area contributed by atoms with Crippen LogP contribution in [0.2, 0.25) is 0 Å². The van der Waals surface area contributed by atoms with Crippen LogP contribution < -0.4 is 9.62 Å². The first-order valence-electron chi connectivity index (χ1n) is 7.07. The summed E-state index contributed by atoms with van der Waals surface area (Å²) in [5.41, 5.74) is 0.980. The van der Waals surface area contributed by atoms with E-state index < -0.39 is 10.0 Å². The number of aromatic nitrogens is 1. The number of anilines is 1. The number of sulfonamides is 1. The van der Waals surface area contributed by atoms with E-state index in [0.717, 1.165) is 5.56 Å².